The number of Topliss-reactive ketones (excluding diaryl/α,β-unsaturated/α-hetero) is 1. The summed E-state index contributed by atoms with van der Waals surface area (Å²) in [5.41, 5.74) is 0.699. The van der Waals surface area contributed by atoms with Crippen LogP contribution < -0.4 is 5.32 Å². The number of nitrogens with one attached hydrogen (secondary N) is 1. The van der Waals surface area contributed by atoms with Crippen molar-refractivity contribution in [2.45, 2.75) is 44.1 Å². The van der Waals surface area contributed by atoms with Crippen molar-refractivity contribution >= 4 is 33.4 Å². The number of nitrogens with zero attached hydrogens (tertiary/aromatic N) is 1. The van der Waals surface area contributed by atoms with Gasteiger partial charge in [0, 0.05) is 18.7 Å². The fourth-order valence-electron chi connectivity index (χ4n) is 3.45. The lowest BCUT2D eigenvalue weighted by molar-refractivity contribution is -0.123. The summed E-state index contributed by atoms with van der Waals surface area (Å²) in [4.78, 5) is 36.8. The van der Waals surface area contributed by atoms with Gasteiger partial charge in [-0.1, -0.05) is 24.6 Å². The lowest BCUT2D eigenvalue weighted by Crippen LogP contribution is -2.35. The number of rotatable bonds is 7. The van der Waals surface area contributed by atoms with Gasteiger partial charge >= 0.3 is 5.97 Å². The van der Waals surface area contributed by atoms with Crippen molar-refractivity contribution in [3.05, 3.63) is 59.7 Å². The maximum absolute atomic E-state index is 12.9. The lowest BCUT2D eigenvalue weighted by atomic mass is 10.1. The molecular formula is C23H26N2O6S. The highest BCUT2D eigenvalue weighted by Crippen LogP contribution is 2.22. The van der Waals surface area contributed by atoms with Gasteiger partial charge in [0.2, 0.25) is 10.0 Å². The van der Waals surface area contributed by atoms with Gasteiger partial charge < -0.3 is 10.1 Å². The van der Waals surface area contributed by atoms with Crippen molar-refractivity contribution in [3.63, 3.8) is 0 Å². The fourth-order valence-corrected chi connectivity index (χ4v) is 5.02. The molecule has 9 heteroatoms. The Kier molecular flexibility index (Phi) is 7.42. The summed E-state index contributed by atoms with van der Waals surface area (Å²) in [5.74, 6) is -1.63. The molecule has 170 valence electrons. The van der Waals surface area contributed by atoms with Crippen molar-refractivity contribution in [1.29, 1.82) is 0 Å². The van der Waals surface area contributed by atoms with E-state index in [0.29, 0.717) is 24.3 Å². The van der Waals surface area contributed by atoms with Gasteiger partial charge in [0.1, 0.15) is 0 Å². The van der Waals surface area contributed by atoms with E-state index < -0.39 is 28.0 Å². The number of esters is 1. The number of piperidine rings is 1. The average molecular weight is 459 g/mol. The zero-order valence-electron chi connectivity index (χ0n) is 18.0. The van der Waals surface area contributed by atoms with Crippen molar-refractivity contribution in [2.24, 2.45) is 0 Å². The van der Waals surface area contributed by atoms with Crippen molar-refractivity contribution in [3.8, 4) is 0 Å². The van der Waals surface area contributed by atoms with E-state index in [4.69, 9.17) is 4.74 Å². The average Bonchev–Trinajstić information content (AvgIpc) is 2.79. The zero-order valence-corrected chi connectivity index (χ0v) is 18.9. The van der Waals surface area contributed by atoms with E-state index in [2.05, 4.69) is 5.32 Å². The first-order valence-electron chi connectivity index (χ1n) is 10.4. The van der Waals surface area contributed by atoms with Crippen LogP contribution >= 0.6 is 0 Å². The van der Waals surface area contributed by atoms with Crippen LogP contribution in [0.25, 0.3) is 0 Å². The highest BCUT2D eigenvalue weighted by molar-refractivity contribution is 7.89. The number of para-hydroxylation sites is 1. The molecule has 0 spiro atoms. The molecule has 3 rings (SSSR count). The molecule has 1 atom stereocenters. The Morgan fingerprint density at radius 1 is 1.00 bits per heavy atom. The number of hydrogen-bond donors (Lipinski definition) is 1. The van der Waals surface area contributed by atoms with Crippen molar-refractivity contribution in [1.82, 2.24) is 4.31 Å². The third-order valence-corrected chi connectivity index (χ3v) is 7.13. The molecule has 32 heavy (non-hydrogen) atoms. The molecule has 1 N–H and O–H groups in total. The minimum absolute atomic E-state index is 0.0151. The Morgan fingerprint density at radius 2 is 1.69 bits per heavy atom. The molecule has 1 heterocycles. The summed E-state index contributed by atoms with van der Waals surface area (Å²) in [6, 6.07) is 12.1. The van der Waals surface area contributed by atoms with Gasteiger partial charge in [-0.3, -0.25) is 9.59 Å². The molecule has 8 nitrogen and oxygen atoms in total. The molecule has 2 aromatic rings. The van der Waals surface area contributed by atoms with Crippen LogP contribution in [-0.2, 0) is 19.6 Å². The number of benzene rings is 2. The molecule has 1 aliphatic heterocycles. The maximum atomic E-state index is 12.9. The molecule has 1 saturated heterocycles. The van der Waals surface area contributed by atoms with E-state index >= 15 is 0 Å². The third kappa shape index (κ3) is 5.41. The van der Waals surface area contributed by atoms with E-state index in [-0.39, 0.29) is 16.2 Å². The number of ether oxygens (including phenoxy) is 1. The molecule has 1 amide bonds. The van der Waals surface area contributed by atoms with Crippen molar-refractivity contribution < 1.29 is 27.5 Å². The van der Waals surface area contributed by atoms with Crippen LogP contribution in [0.3, 0.4) is 0 Å². The number of sulfonamides is 1. The van der Waals surface area contributed by atoms with Gasteiger partial charge in [0.15, 0.2) is 11.9 Å². The number of carbonyl (C=O) groups is 3. The predicted octanol–water partition coefficient (Wildman–Crippen LogP) is 3.25. The van der Waals surface area contributed by atoms with Gasteiger partial charge in [0.25, 0.3) is 5.91 Å². The number of hydrogen-bond acceptors (Lipinski definition) is 6. The quantitative estimate of drug-likeness (QED) is 0.504. The van der Waals surface area contributed by atoms with E-state index in [1.165, 1.54) is 42.4 Å². The van der Waals surface area contributed by atoms with Gasteiger partial charge in [-0.05, 0) is 57.0 Å². The van der Waals surface area contributed by atoms with Gasteiger partial charge in [-0.2, -0.15) is 4.31 Å². The summed E-state index contributed by atoms with van der Waals surface area (Å²) in [6.45, 7) is 3.70. The first-order valence-corrected chi connectivity index (χ1v) is 11.9. The topological polar surface area (TPSA) is 110 Å². The zero-order chi connectivity index (χ0) is 23.3. The van der Waals surface area contributed by atoms with Crippen LogP contribution in [0.5, 0.6) is 0 Å². The van der Waals surface area contributed by atoms with E-state index in [1.54, 1.807) is 24.3 Å². The normalized spacial score (nSPS) is 15.6. The largest absolute Gasteiger partial charge is 0.449 e. The smallest absolute Gasteiger partial charge is 0.338 e. The highest BCUT2D eigenvalue weighted by Gasteiger charge is 2.27. The molecule has 1 unspecified atom stereocenters. The first kappa shape index (κ1) is 23.6. The Bertz CT molecular complexity index is 1120. The second-order valence-electron chi connectivity index (χ2n) is 7.63. The van der Waals surface area contributed by atoms with E-state index in [0.717, 1.165) is 19.3 Å². The second-order valence-corrected chi connectivity index (χ2v) is 9.57. The summed E-state index contributed by atoms with van der Waals surface area (Å²) in [6.07, 6.45) is 1.44. The number of ketones is 1. The molecule has 0 aliphatic carbocycles. The molecule has 2 aromatic carbocycles. The Labute approximate surface area is 187 Å². The van der Waals surface area contributed by atoms with E-state index in [9.17, 15) is 22.8 Å². The number of amides is 1. The number of anilines is 1. The molecule has 0 aromatic heterocycles. The van der Waals surface area contributed by atoms with Crippen LogP contribution in [0.4, 0.5) is 5.69 Å². The Morgan fingerprint density at radius 3 is 2.38 bits per heavy atom. The fraction of sp³-hybridized carbons (Fsp3) is 0.348. The SMILES string of the molecule is CC(=O)c1ccccc1NC(=O)C(C)OC(=O)c1cccc(S(=O)(=O)N2CCCCC2)c1. The third-order valence-electron chi connectivity index (χ3n) is 5.24. The summed E-state index contributed by atoms with van der Waals surface area (Å²) >= 11 is 0. The van der Waals surface area contributed by atoms with Crippen molar-refractivity contribution in [2.75, 3.05) is 18.4 Å². The maximum Gasteiger partial charge on any atom is 0.338 e. The molecule has 0 saturated carbocycles. The molecule has 1 fully saturated rings. The van der Waals surface area contributed by atoms with E-state index in [1.807, 2.05) is 0 Å². The lowest BCUT2D eigenvalue weighted by Gasteiger charge is -2.26. The van der Waals surface area contributed by atoms with Gasteiger partial charge in [0.05, 0.1) is 16.1 Å². The van der Waals surface area contributed by atoms with Crippen LogP contribution in [0, 0.1) is 0 Å². The van der Waals surface area contributed by atoms with Crippen LogP contribution in [0.15, 0.2) is 53.4 Å². The first-order chi connectivity index (χ1) is 15.2. The molecule has 1 aliphatic rings. The standard InChI is InChI=1S/C23H26N2O6S/c1-16(26)20-11-4-5-12-21(20)24-22(27)17(2)31-23(28)18-9-8-10-19(15-18)32(29,30)25-13-6-3-7-14-25/h4-5,8-12,15,17H,3,6-7,13-14H2,1-2H3,(H,24,27). The molecular weight excluding hydrogens is 432 g/mol. The highest BCUT2D eigenvalue weighted by atomic mass is 32.2. The summed E-state index contributed by atoms with van der Waals surface area (Å²) in [7, 11) is -3.70. The minimum Gasteiger partial charge on any atom is -0.449 e. The summed E-state index contributed by atoms with van der Waals surface area (Å²) in [5, 5.41) is 2.59. The summed E-state index contributed by atoms with van der Waals surface area (Å²) < 4.78 is 32.4. The predicted molar refractivity (Wildman–Crippen MR) is 119 cm³/mol. The van der Waals surface area contributed by atoms with Gasteiger partial charge in [-0.25, -0.2) is 13.2 Å². The second kappa shape index (κ2) is 10.1. The van der Waals surface area contributed by atoms with Crippen LogP contribution in [0.1, 0.15) is 53.8 Å². The van der Waals surface area contributed by atoms with Crippen LogP contribution in [-0.4, -0.2) is 49.6 Å². The van der Waals surface area contributed by atoms with Crippen LogP contribution in [0.2, 0.25) is 0 Å². The minimum atomic E-state index is -3.70. The molecule has 0 bridgehead atoms. The van der Waals surface area contributed by atoms with Gasteiger partial charge in [-0.15, -0.1) is 0 Å². The monoisotopic (exact) mass is 458 g/mol. The number of carbonyl (C=O) groups excluding carboxylic acids is 3. The Balaban J connectivity index is 1.70. The Hall–Kier alpha value is -3.04. The molecule has 0 radical (unpaired) electrons.